The maximum Gasteiger partial charge on any atom is 0.0658 e. The molecular weight excluding hydrogens is 134 g/mol. The quantitative estimate of drug-likeness (QED) is 0.623. The molecule has 0 aliphatic heterocycles. The summed E-state index contributed by atoms with van der Waals surface area (Å²) < 4.78 is 0. The van der Waals surface area contributed by atoms with Crippen molar-refractivity contribution in [3.05, 3.63) is 36.2 Å². The van der Waals surface area contributed by atoms with Gasteiger partial charge in [0.05, 0.1) is 5.69 Å². The van der Waals surface area contributed by atoms with Crippen molar-refractivity contribution in [2.45, 2.75) is 18.8 Å². The Morgan fingerprint density at radius 3 is 3.00 bits per heavy atom. The molecule has 0 spiro atoms. The van der Waals surface area contributed by atoms with Gasteiger partial charge < -0.3 is 0 Å². The molecule has 0 aromatic carbocycles. The zero-order valence-corrected chi connectivity index (χ0v) is 6.46. The fraction of sp³-hybridized carbons (Fsp3) is 0.300. The van der Waals surface area contributed by atoms with Gasteiger partial charge in [-0.3, -0.25) is 4.98 Å². The highest BCUT2D eigenvalue weighted by Crippen LogP contribution is 2.41. The number of pyridine rings is 1. The molecule has 1 aliphatic rings. The molecule has 1 fully saturated rings. The average Bonchev–Trinajstić information content (AvgIpc) is 2.87. The van der Waals surface area contributed by atoms with E-state index in [-0.39, 0.29) is 0 Å². The molecular formula is C10H11N. The van der Waals surface area contributed by atoms with Crippen molar-refractivity contribution in [2.75, 3.05) is 0 Å². The molecule has 11 heavy (non-hydrogen) atoms. The first-order chi connectivity index (χ1) is 5.42. The number of hydrogen-bond acceptors (Lipinski definition) is 1. The van der Waals surface area contributed by atoms with E-state index >= 15 is 0 Å². The maximum absolute atomic E-state index is 4.24. The largest absolute Gasteiger partial charge is 0.257 e. The molecule has 1 heterocycles. The van der Waals surface area contributed by atoms with Crippen LogP contribution in [0.3, 0.4) is 0 Å². The maximum atomic E-state index is 4.24. The summed E-state index contributed by atoms with van der Waals surface area (Å²) in [4.78, 5) is 4.24. The first-order valence-electron chi connectivity index (χ1n) is 3.99. The molecule has 0 atom stereocenters. The minimum absolute atomic E-state index is 0.775. The summed E-state index contributed by atoms with van der Waals surface area (Å²) in [5.41, 5.74) is 2.44. The van der Waals surface area contributed by atoms with Gasteiger partial charge in [0.2, 0.25) is 0 Å². The molecule has 1 heteroatoms. The van der Waals surface area contributed by atoms with Crippen molar-refractivity contribution < 1.29 is 0 Å². The van der Waals surface area contributed by atoms with Crippen LogP contribution in [0, 0.1) is 0 Å². The Labute approximate surface area is 66.8 Å². The van der Waals surface area contributed by atoms with Gasteiger partial charge >= 0.3 is 0 Å². The van der Waals surface area contributed by atoms with Crippen LogP contribution in [0.2, 0.25) is 0 Å². The van der Waals surface area contributed by atoms with Crippen LogP contribution in [0.25, 0.3) is 6.08 Å². The van der Waals surface area contributed by atoms with Gasteiger partial charge in [-0.05, 0) is 36.5 Å². The second-order valence-corrected chi connectivity index (χ2v) is 2.96. The number of hydrogen-bond donors (Lipinski definition) is 0. The van der Waals surface area contributed by atoms with Gasteiger partial charge in [-0.15, -0.1) is 0 Å². The van der Waals surface area contributed by atoms with Gasteiger partial charge in [-0.25, -0.2) is 0 Å². The predicted octanol–water partition coefficient (Wildman–Crippen LogP) is 2.60. The third-order valence-electron chi connectivity index (χ3n) is 2.08. The van der Waals surface area contributed by atoms with Crippen LogP contribution < -0.4 is 0 Å². The van der Waals surface area contributed by atoms with Gasteiger partial charge in [0.1, 0.15) is 0 Å². The Morgan fingerprint density at radius 1 is 1.55 bits per heavy atom. The molecule has 1 aromatic rings. The fourth-order valence-corrected chi connectivity index (χ4v) is 1.34. The van der Waals surface area contributed by atoms with Crippen molar-refractivity contribution in [2.24, 2.45) is 0 Å². The summed E-state index contributed by atoms with van der Waals surface area (Å²) in [5, 5.41) is 0. The monoisotopic (exact) mass is 145 g/mol. The lowest BCUT2D eigenvalue weighted by Crippen LogP contribution is -1.87. The van der Waals surface area contributed by atoms with Gasteiger partial charge in [0, 0.05) is 6.20 Å². The van der Waals surface area contributed by atoms with E-state index in [4.69, 9.17) is 0 Å². The number of nitrogens with zero attached hydrogens (tertiary/aromatic N) is 1. The SMILES string of the molecule is C=Cc1ncccc1C1CC1. The fourth-order valence-electron chi connectivity index (χ4n) is 1.34. The third kappa shape index (κ3) is 1.18. The highest BCUT2D eigenvalue weighted by molar-refractivity contribution is 5.49. The summed E-state index contributed by atoms with van der Waals surface area (Å²) in [6, 6.07) is 4.16. The van der Waals surface area contributed by atoms with E-state index < -0.39 is 0 Å². The van der Waals surface area contributed by atoms with Crippen LogP contribution in [0.5, 0.6) is 0 Å². The molecule has 1 saturated carbocycles. The molecule has 0 amide bonds. The van der Waals surface area contributed by atoms with Crippen LogP contribution in [0.4, 0.5) is 0 Å². The van der Waals surface area contributed by atoms with Crippen molar-refractivity contribution >= 4 is 6.08 Å². The zero-order chi connectivity index (χ0) is 7.68. The van der Waals surface area contributed by atoms with Crippen molar-refractivity contribution in [3.8, 4) is 0 Å². The van der Waals surface area contributed by atoms with Crippen molar-refractivity contribution in [3.63, 3.8) is 0 Å². The molecule has 56 valence electrons. The van der Waals surface area contributed by atoms with Crippen LogP contribution in [-0.4, -0.2) is 4.98 Å². The Balaban J connectivity index is 2.42. The average molecular weight is 145 g/mol. The van der Waals surface area contributed by atoms with Crippen LogP contribution >= 0.6 is 0 Å². The number of aromatic nitrogens is 1. The normalized spacial score (nSPS) is 16.4. The first-order valence-corrected chi connectivity index (χ1v) is 3.99. The summed E-state index contributed by atoms with van der Waals surface area (Å²) in [6.45, 7) is 3.74. The van der Waals surface area contributed by atoms with Gasteiger partial charge in [-0.1, -0.05) is 12.6 Å². The van der Waals surface area contributed by atoms with Gasteiger partial charge in [-0.2, -0.15) is 0 Å². The summed E-state index contributed by atoms with van der Waals surface area (Å²) in [7, 11) is 0. The van der Waals surface area contributed by atoms with Crippen molar-refractivity contribution in [1.82, 2.24) is 4.98 Å². The highest BCUT2D eigenvalue weighted by Gasteiger charge is 2.25. The summed E-state index contributed by atoms with van der Waals surface area (Å²) in [6.07, 6.45) is 6.32. The van der Waals surface area contributed by atoms with E-state index in [2.05, 4.69) is 17.6 Å². The Bertz CT molecular complexity index is 274. The smallest absolute Gasteiger partial charge is 0.0658 e. The van der Waals surface area contributed by atoms with E-state index in [1.165, 1.54) is 18.4 Å². The molecule has 0 radical (unpaired) electrons. The molecule has 2 rings (SSSR count). The topological polar surface area (TPSA) is 12.9 Å². The Morgan fingerprint density at radius 2 is 2.36 bits per heavy atom. The molecule has 1 nitrogen and oxygen atoms in total. The van der Waals surface area contributed by atoms with E-state index in [1.54, 1.807) is 0 Å². The molecule has 1 aromatic heterocycles. The zero-order valence-electron chi connectivity index (χ0n) is 6.46. The number of rotatable bonds is 2. The van der Waals surface area contributed by atoms with Crippen molar-refractivity contribution in [1.29, 1.82) is 0 Å². The highest BCUT2D eigenvalue weighted by atomic mass is 14.7. The first kappa shape index (κ1) is 6.59. The van der Waals surface area contributed by atoms with E-state index in [1.807, 2.05) is 18.3 Å². The summed E-state index contributed by atoms with van der Waals surface area (Å²) in [5.74, 6) is 0.775. The standard InChI is InChI=1S/C10H11N/c1-2-10-9(8-5-6-8)4-3-7-11-10/h2-4,7-8H,1,5-6H2. The van der Waals surface area contributed by atoms with E-state index in [9.17, 15) is 0 Å². The second kappa shape index (κ2) is 2.50. The molecule has 1 aliphatic carbocycles. The molecule has 0 saturated heterocycles. The van der Waals surface area contributed by atoms with Crippen LogP contribution in [0.15, 0.2) is 24.9 Å². The molecule has 0 unspecified atom stereocenters. The molecule has 0 bridgehead atoms. The minimum Gasteiger partial charge on any atom is -0.257 e. The van der Waals surface area contributed by atoms with Crippen LogP contribution in [0.1, 0.15) is 30.0 Å². The Kier molecular flexibility index (Phi) is 1.50. The van der Waals surface area contributed by atoms with E-state index in [0.717, 1.165) is 11.6 Å². The predicted molar refractivity (Wildman–Crippen MR) is 46.3 cm³/mol. The van der Waals surface area contributed by atoms with E-state index in [0.29, 0.717) is 0 Å². The minimum atomic E-state index is 0.775. The lowest BCUT2D eigenvalue weighted by Gasteiger charge is -2.00. The van der Waals surface area contributed by atoms with Crippen LogP contribution in [-0.2, 0) is 0 Å². The molecule has 0 N–H and O–H groups in total. The third-order valence-corrected chi connectivity index (χ3v) is 2.08. The Hall–Kier alpha value is -1.11. The second-order valence-electron chi connectivity index (χ2n) is 2.96. The van der Waals surface area contributed by atoms with Gasteiger partial charge in [0.15, 0.2) is 0 Å². The lowest BCUT2D eigenvalue weighted by molar-refractivity contribution is 1.08. The summed E-state index contributed by atoms with van der Waals surface area (Å²) >= 11 is 0. The lowest BCUT2D eigenvalue weighted by atomic mass is 10.1. The van der Waals surface area contributed by atoms with Gasteiger partial charge in [0.25, 0.3) is 0 Å².